The van der Waals surface area contributed by atoms with E-state index in [0.29, 0.717) is 22.6 Å². The number of halogens is 1. The average Bonchev–Trinajstić information content (AvgIpc) is 3.29. The van der Waals surface area contributed by atoms with Crippen LogP contribution in [-0.4, -0.2) is 16.8 Å². The lowest BCUT2D eigenvalue weighted by molar-refractivity contribution is -0.140. The molecule has 1 N–H and O–H groups in total. The van der Waals surface area contributed by atoms with Gasteiger partial charge in [0.1, 0.15) is 11.6 Å². The first-order valence-corrected chi connectivity index (χ1v) is 9.10. The number of amides is 1. The third-order valence-electron chi connectivity index (χ3n) is 4.88. The molecule has 1 atom stereocenters. The Morgan fingerprint density at radius 2 is 1.97 bits per heavy atom. The second kappa shape index (κ2) is 7.48. The fourth-order valence-corrected chi connectivity index (χ4v) is 3.52. The van der Waals surface area contributed by atoms with Crippen molar-refractivity contribution in [2.75, 3.05) is 4.90 Å². The van der Waals surface area contributed by atoms with Crippen molar-refractivity contribution in [1.82, 2.24) is 0 Å². The molecule has 1 unspecified atom stereocenters. The zero-order valence-electron chi connectivity index (χ0n) is 15.4. The average molecular weight is 391 g/mol. The van der Waals surface area contributed by atoms with Crippen LogP contribution < -0.4 is 4.90 Å². The largest absolute Gasteiger partial charge is 0.465 e. The van der Waals surface area contributed by atoms with Crippen molar-refractivity contribution in [2.45, 2.75) is 18.6 Å². The van der Waals surface area contributed by atoms with Crippen LogP contribution in [0.3, 0.4) is 0 Å². The first-order valence-electron chi connectivity index (χ1n) is 9.10. The van der Waals surface area contributed by atoms with Gasteiger partial charge in [-0.2, -0.15) is 0 Å². The minimum Gasteiger partial charge on any atom is -0.465 e. The van der Waals surface area contributed by atoms with Gasteiger partial charge in [0.25, 0.3) is 5.91 Å². The van der Waals surface area contributed by atoms with Gasteiger partial charge in [-0.3, -0.25) is 9.59 Å². The number of ketones is 1. The number of allylic oxidation sites excluding steroid dienone is 1. The fraction of sp³-hybridized carbons (Fsp3) is 0.130. The lowest BCUT2D eigenvalue weighted by Gasteiger charge is -2.22. The molecule has 1 aliphatic heterocycles. The smallest absolute Gasteiger partial charge is 0.264 e. The van der Waals surface area contributed by atoms with Crippen molar-refractivity contribution in [3.8, 4) is 0 Å². The van der Waals surface area contributed by atoms with Gasteiger partial charge in [0.2, 0.25) is 0 Å². The van der Waals surface area contributed by atoms with Crippen molar-refractivity contribution in [3.63, 3.8) is 0 Å². The Balaban J connectivity index is 1.61. The summed E-state index contributed by atoms with van der Waals surface area (Å²) in [5.41, 5.74) is -0.524. The van der Waals surface area contributed by atoms with Crippen LogP contribution in [0.1, 0.15) is 23.3 Å². The SMILES string of the molecule is O=C(/C=C/c1ccco1)CC1(O)C(=O)N(Cc2cccc(F)c2)c2ccccc21. The molecule has 0 bridgehead atoms. The molecule has 5 nitrogen and oxygen atoms in total. The van der Waals surface area contributed by atoms with Gasteiger partial charge in [-0.15, -0.1) is 0 Å². The molecule has 1 aliphatic rings. The van der Waals surface area contributed by atoms with Gasteiger partial charge in [-0.05, 0) is 48.0 Å². The Morgan fingerprint density at radius 3 is 2.72 bits per heavy atom. The fourth-order valence-electron chi connectivity index (χ4n) is 3.52. The monoisotopic (exact) mass is 391 g/mol. The number of benzene rings is 2. The molecule has 2 aromatic carbocycles. The summed E-state index contributed by atoms with van der Waals surface area (Å²) in [5, 5.41) is 11.2. The van der Waals surface area contributed by atoms with Crippen molar-refractivity contribution in [1.29, 1.82) is 0 Å². The number of hydrogen-bond acceptors (Lipinski definition) is 4. The molecule has 0 fully saturated rings. The van der Waals surface area contributed by atoms with Crippen molar-refractivity contribution < 1.29 is 23.5 Å². The van der Waals surface area contributed by atoms with E-state index in [1.807, 2.05) is 0 Å². The highest BCUT2D eigenvalue weighted by Gasteiger charge is 2.50. The molecule has 1 amide bonds. The predicted molar refractivity (Wildman–Crippen MR) is 105 cm³/mol. The third-order valence-corrected chi connectivity index (χ3v) is 4.88. The zero-order valence-corrected chi connectivity index (χ0v) is 15.4. The van der Waals surface area contributed by atoms with E-state index in [2.05, 4.69) is 0 Å². The number of hydrogen-bond donors (Lipinski definition) is 1. The van der Waals surface area contributed by atoms with Crippen LogP contribution in [0, 0.1) is 5.82 Å². The molecule has 2 heterocycles. The second-order valence-corrected chi connectivity index (χ2v) is 6.89. The molecule has 4 rings (SSSR count). The van der Waals surface area contributed by atoms with E-state index >= 15 is 0 Å². The maximum absolute atomic E-state index is 13.5. The van der Waals surface area contributed by atoms with Gasteiger partial charge in [0.05, 0.1) is 24.9 Å². The number of nitrogens with zero attached hydrogens (tertiary/aromatic N) is 1. The maximum atomic E-state index is 13.5. The summed E-state index contributed by atoms with van der Waals surface area (Å²) in [5.74, 6) is -0.936. The van der Waals surface area contributed by atoms with Gasteiger partial charge in [-0.1, -0.05) is 30.3 Å². The molecule has 0 spiro atoms. The van der Waals surface area contributed by atoms with Gasteiger partial charge < -0.3 is 14.4 Å². The highest BCUT2D eigenvalue weighted by atomic mass is 19.1. The Morgan fingerprint density at radius 1 is 1.14 bits per heavy atom. The molecule has 1 aromatic heterocycles. The lowest BCUT2D eigenvalue weighted by atomic mass is 9.90. The molecule has 3 aromatic rings. The Labute approximate surface area is 166 Å². The van der Waals surface area contributed by atoms with Crippen LogP contribution in [0.2, 0.25) is 0 Å². The van der Waals surface area contributed by atoms with Crippen molar-refractivity contribution in [3.05, 3.63) is 95.7 Å². The van der Waals surface area contributed by atoms with Crippen LogP contribution in [0.15, 0.2) is 77.4 Å². The van der Waals surface area contributed by atoms with E-state index in [1.54, 1.807) is 48.5 Å². The summed E-state index contributed by atoms with van der Waals surface area (Å²) in [7, 11) is 0. The number of carbonyl (C=O) groups is 2. The Bertz CT molecular complexity index is 1090. The summed E-state index contributed by atoms with van der Waals surface area (Å²) in [6.45, 7) is 0.0896. The van der Waals surface area contributed by atoms with E-state index in [-0.39, 0.29) is 6.54 Å². The van der Waals surface area contributed by atoms with E-state index in [4.69, 9.17) is 4.42 Å². The van der Waals surface area contributed by atoms with Crippen LogP contribution >= 0.6 is 0 Å². The third kappa shape index (κ3) is 3.62. The minimum absolute atomic E-state index is 0.0896. The van der Waals surface area contributed by atoms with Crippen molar-refractivity contribution in [2.24, 2.45) is 0 Å². The molecule has 0 radical (unpaired) electrons. The van der Waals surface area contributed by atoms with Gasteiger partial charge in [0, 0.05) is 5.56 Å². The molecular weight excluding hydrogens is 373 g/mol. The summed E-state index contributed by atoms with van der Waals surface area (Å²) in [6.07, 6.45) is 3.85. The number of fused-ring (bicyclic) bond motifs is 1. The summed E-state index contributed by atoms with van der Waals surface area (Å²) in [4.78, 5) is 27.0. The number of rotatable bonds is 6. The molecule has 0 aliphatic carbocycles. The van der Waals surface area contributed by atoms with Gasteiger partial charge in [0.15, 0.2) is 11.4 Å². The first kappa shape index (κ1) is 18.8. The number of furan rings is 1. The van der Waals surface area contributed by atoms with E-state index in [9.17, 15) is 19.1 Å². The van der Waals surface area contributed by atoms with Crippen LogP contribution in [0.5, 0.6) is 0 Å². The topological polar surface area (TPSA) is 70.7 Å². The number of anilines is 1. The zero-order chi connectivity index (χ0) is 20.4. The molecule has 6 heteroatoms. The maximum Gasteiger partial charge on any atom is 0.264 e. The van der Waals surface area contributed by atoms with E-state index in [1.165, 1.54) is 35.4 Å². The summed E-state index contributed by atoms with van der Waals surface area (Å²) in [6, 6.07) is 16.1. The Hall–Kier alpha value is -3.51. The lowest BCUT2D eigenvalue weighted by Crippen LogP contribution is -2.41. The number of carbonyl (C=O) groups excluding carboxylic acids is 2. The highest BCUT2D eigenvalue weighted by molar-refractivity contribution is 6.10. The minimum atomic E-state index is -1.98. The normalized spacial score (nSPS) is 18.4. The van der Waals surface area contributed by atoms with Crippen LogP contribution in [0.4, 0.5) is 10.1 Å². The van der Waals surface area contributed by atoms with Gasteiger partial charge >= 0.3 is 0 Å². The standard InChI is InChI=1S/C23H18FNO4/c24-17-6-3-5-16(13-17)15-25-21-9-2-1-8-20(21)23(28,22(25)27)14-18(26)10-11-19-7-4-12-29-19/h1-13,28H,14-15H2/b11-10+. The number of para-hydroxylation sites is 1. The quantitative estimate of drug-likeness (QED) is 0.649. The summed E-state index contributed by atoms with van der Waals surface area (Å²) >= 11 is 0. The number of aliphatic hydroxyl groups is 1. The second-order valence-electron chi connectivity index (χ2n) is 6.89. The van der Waals surface area contributed by atoms with Crippen LogP contribution in [0.25, 0.3) is 6.08 Å². The molecular formula is C23H18FNO4. The van der Waals surface area contributed by atoms with E-state index < -0.39 is 29.5 Å². The van der Waals surface area contributed by atoms with Gasteiger partial charge in [-0.25, -0.2) is 4.39 Å². The molecule has 146 valence electrons. The Kier molecular flexibility index (Phi) is 4.86. The molecule has 29 heavy (non-hydrogen) atoms. The predicted octanol–water partition coefficient (Wildman–Crippen LogP) is 3.83. The highest BCUT2D eigenvalue weighted by Crippen LogP contribution is 2.43. The van der Waals surface area contributed by atoms with Crippen molar-refractivity contribution >= 4 is 23.5 Å². The van der Waals surface area contributed by atoms with E-state index in [0.717, 1.165) is 0 Å². The molecule has 0 saturated heterocycles. The summed E-state index contributed by atoms with van der Waals surface area (Å²) < 4.78 is 18.7. The first-order chi connectivity index (χ1) is 14.0. The van der Waals surface area contributed by atoms with Crippen LogP contribution in [-0.2, 0) is 21.7 Å². The molecule has 0 saturated carbocycles.